The van der Waals surface area contributed by atoms with Crippen LogP contribution in [0.1, 0.15) is 0 Å². The number of aromatic amines is 1. The van der Waals surface area contributed by atoms with Gasteiger partial charge in [0, 0.05) is 19.3 Å². The Morgan fingerprint density at radius 2 is 2.27 bits per heavy atom. The lowest BCUT2D eigenvalue weighted by atomic mass is 10.3. The van der Waals surface area contributed by atoms with Crippen molar-refractivity contribution in [3.05, 3.63) is 12.3 Å². The fourth-order valence-electron chi connectivity index (χ4n) is 1.57. The quantitative estimate of drug-likeness (QED) is 0.712. The van der Waals surface area contributed by atoms with Crippen molar-refractivity contribution < 1.29 is 19.4 Å². The molecule has 0 amide bonds. The van der Waals surface area contributed by atoms with Crippen molar-refractivity contribution in [1.29, 1.82) is 0 Å². The molecule has 2 rings (SSSR count). The van der Waals surface area contributed by atoms with Crippen LogP contribution < -0.4 is 9.64 Å². The first kappa shape index (κ1) is 9.85. The minimum Gasteiger partial charge on any atom is -0.449 e. The Balaban J connectivity index is 2.12. The molecule has 0 radical (unpaired) electrons. The van der Waals surface area contributed by atoms with Crippen LogP contribution in [0.25, 0.3) is 0 Å². The molecular weight excluding hydrogens is 200 g/mol. The average Bonchev–Trinajstić information content (AvgIpc) is 2.66. The molecule has 0 unspecified atom stereocenters. The van der Waals surface area contributed by atoms with E-state index in [1.165, 1.54) is 0 Å². The lowest BCUT2D eigenvalue weighted by Gasteiger charge is -2.28. The summed E-state index contributed by atoms with van der Waals surface area (Å²) >= 11 is 0. The molecule has 0 aromatic carbocycles. The number of nitrogens with zero attached hydrogens (tertiary/aromatic N) is 1. The highest BCUT2D eigenvalue weighted by atomic mass is 16.7. The van der Waals surface area contributed by atoms with Gasteiger partial charge in [-0.1, -0.05) is 0 Å². The Labute approximate surface area is 86.4 Å². The summed E-state index contributed by atoms with van der Waals surface area (Å²) in [6.45, 7) is 2.79. The molecule has 0 saturated carbocycles. The van der Waals surface area contributed by atoms with E-state index >= 15 is 0 Å². The van der Waals surface area contributed by atoms with E-state index in [2.05, 4.69) is 9.72 Å². The first-order chi connectivity index (χ1) is 7.27. The van der Waals surface area contributed by atoms with Crippen LogP contribution in [0.5, 0.6) is 5.88 Å². The van der Waals surface area contributed by atoms with E-state index in [-0.39, 0.29) is 5.88 Å². The Hall–Kier alpha value is -1.69. The number of carbonyl (C=O) groups is 1. The number of hydrogen-bond acceptors (Lipinski definition) is 4. The van der Waals surface area contributed by atoms with E-state index in [1.807, 2.05) is 4.90 Å². The summed E-state index contributed by atoms with van der Waals surface area (Å²) in [5.41, 5.74) is 0.765. The minimum absolute atomic E-state index is 0.268. The molecule has 0 spiro atoms. The van der Waals surface area contributed by atoms with Crippen LogP contribution in [0.3, 0.4) is 0 Å². The summed E-state index contributed by atoms with van der Waals surface area (Å²) in [5.74, 6) is 0.268. The van der Waals surface area contributed by atoms with E-state index in [1.54, 1.807) is 12.3 Å². The zero-order valence-corrected chi connectivity index (χ0v) is 8.10. The lowest BCUT2D eigenvalue weighted by molar-refractivity contribution is 0.122. The number of hydrogen-bond donors (Lipinski definition) is 2. The van der Waals surface area contributed by atoms with Gasteiger partial charge in [0.05, 0.1) is 13.2 Å². The average molecular weight is 212 g/mol. The van der Waals surface area contributed by atoms with E-state index in [4.69, 9.17) is 9.84 Å². The van der Waals surface area contributed by atoms with Crippen LogP contribution in [-0.4, -0.2) is 42.5 Å². The Morgan fingerprint density at radius 1 is 1.53 bits per heavy atom. The number of morpholine rings is 1. The van der Waals surface area contributed by atoms with Crippen molar-refractivity contribution in [2.75, 3.05) is 31.2 Å². The van der Waals surface area contributed by atoms with Crippen LogP contribution in [0.2, 0.25) is 0 Å². The standard InChI is InChI=1S/C9H12N2O4/c12-9(13)15-8-7(1-2-10-8)11-3-5-14-6-4-11/h1-2,10H,3-6H2,(H,12,13). The number of rotatable bonds is 2. The summed E-state index contributed by atoms with van der Waals surface area (Å²) in [6.07, 6.45) is 0.343. The van der Waals surface area contributed by atoms with Gasteiger partial charge in [0.1, 0.15) is 5.69 Å². The maximum atomic E-state index is 10.4. The van der Waals surface area contributed by atoms with E-state index < -0.39 is 6.16 Å². The molecule has 1 aromatic heterocycles. The topological polar surface area (TPSA) is 74.8 Å². The number of carboxylic acid groups (broad SMARTS) is 1. The summed E-state index contributed by atoms with van der Waals surface area (Å²) in [6, 6.07) is 1.80. The molecule has 1 aliphatic heterocycles. The lowest BCUT2D eigenvalue weighted by Crippen LogP contribution is -2.36. The van der Waals surface area contributed by atoms with Crippen molar-refractivity contribution in [3.8, 4) is 5.88 Å². The second-order valence-electron chi connectivity index (χ2n) is 3.16. The van der Waals surface area contributed by atoms with Crippen LogP contribution in [0, 0.1) is 0 Å². The second-order valence-corrected chi connectivity index (χ2v) is 3.16. The predicted octanol–water partition coefficient (Wildman–Crippen LogP) is 0.908. The molecule has 1 saturated heterocycles. The van der Waals surface area contributed by atoms with Gasteiger partial charge in [0.15, 0.2) is 0 Å². The maximum Gasteiger partial charge on any atom is 0.512 e. The number of nitrogens with one attached hydrogen (secondary N) is 1. The van der Waals surface area contributed by atoms with Crippen LogP contribution >= 0.6 is 0 Å². The number of anilines is 1. The van der Waals surface area contributed by atoms with Crippen molar-refractivity contribution >= 4 is 11.8 Å². The van der Waals surface area contributed by atoms with Gasteiger partial charge in [0.25, 0.3) is 0 Å². The van der Waals surface area contributed by atoms with Crippen molar-refractivity contribution in [3.63, 3.8) is 0 Å². The summed E-state index contributed by atoms with van der Waals surface area (Å²) in [5, 5.41) is 8.52. The highest BCUT2D eigenvalue weighted by Crippen LogP contribution is 2.27. The third-order valence-corrected chi connectivity index (χ3v) is 2.23. The summed E-state index contributed by atoms with van der Waals surface area (Å²) in [4.78, 5) is 15.2. The molecule has 2 N–H and O–H groups in total. The molecule has 6 nitrogen and oxygen atoms in total. The van der Waals surface area contributed by atoms with E-state index in [0.29, 0.717) is 13.2 Å². The zero-order chi connectivity index (χ0) is 10.7. The highest BCUT2D eigenvalue weighted by Gasteiger charge is 2.17. The molecule has 0 bridgehead atoms. The van der Waals surface area contributed by atoms with Crippen LogP contribution in [0.15, 0.2) is 12.3 Å². The number of H-pyrrole nitrogens is 1. The number of aromatic nitrogens is 1. The first-order valence-corrected chi connectivity index (χ1v) is 4.68. The second kappa shape index (κ2) is 4.22. The van der Waals surface area contributed by atoms with Crippen molar-refractivity contribution in [2.24, 2.45) is 0 Å². The van der Waals surface area contributed by atoms with Gasteiger partial charge in [-0.15, -0.1) is 0 Å². The molecule has 0 atom stereocenters. The van der Waals surface area contributed by atoms with Gasteiger partial charge < -0.3 is 24.5 Å². The van der Waals surface area contributed by atoms with Crippen LogP contribution in [-0.2, 0) is 4.74 Å². The van der Waals surface area contributed by atoms with Crippen molar-refractivity contribution in [1.82, 2.24) is 4.98 Å². The fraction of sp³-hybridized carbons (Fsp3) is 0.444. The van der Waals surface area contributed by atoms with Gasteiger partial charge in [-0.3, -0.25) is 0 Å². The predicted molar refractivity (Wildman–Crippen MR) is 52.5 cm³/mol. The molecule has 1 fully saturated rings. The fourth-order valence-corrected chi connectivity index (χ4v) is 1.57. The third-order valence-electron chi connectivity index (χ3n) is 2.23. The van der Waals surface area contributed by atoms with Gasteiger partial charge in [-0.05, 0) is 6.07 Å². The molecular formula is C9H12N2O4. The largest absolute Gasteiger partial charge is 0.512 e. The van der Waals surface area contributed by atoms with E-state index in [9.17, 15) is 4.79 Å². The highest BCUT2D eigenvalue weighted by molar-refractivity contribution is 5.66. The molecule has 1 aromatic rings. The minimum atomic E-state index is -1.31. The molecule has 6 heteroatoms. The Morgan fingerprint density at radius 3 is 2.93 bits per heavy atom. The van der Waals surface area contributed by atoms with Gasteiger partial charge in [0.2, 0.25) is 5.88 Å². The Kier molecular flexibility index (Phi) is 2.77. The molecule has 1 aliphatic rings. The molecule has 15 heavy (non-hydrogen) atoms. The summed E-state index contributed by atoms with van der Waals surface area (Å²) < 4.78 is 9.83. The maximum absolute atomic E-state index is 10.4. The number of ether oxygens (including phenoxy) is 2. The SMILES string of the molecule is O=C(O)Oc1[nH]ccc1N1CCOCC1. The monoisotopic (exact) mass is 212 g/mol. The van der Waals surface area contributed by atoms with Gasteiger partial charge >= 0.3 is 6.16 Å². The zero-order valence-electron chi connectivity index (χ0n) is 8.10. The van der Waals surface area contributed by atoms with Crippen LogP contribution in [0.4, 0.5) is 10.5 Å². The molecule has 0 aliphatic carbocycles. The van der Waals surface area contributed by atoms with Gasteiger partial charge in [-0.2, -0.15) is 0 Å². The van der Waals surface area contributed by atoms with Crippen molar-refractivity contribution in [2.45, 2.75) is 0 Å². The van der Waals surface area contributed by atoms with Gasteiger partial charge in [-0.25, -0.2) is 4.79 Å². The Bertz CT molecular complexity index is 344. The normalized spacial score (nSPS) is 16.4. The smallest absolute Gasteiger partial charge is 0.449 e. The third kappa shape index (κ3) is 2.21. The molecule has 2 heterocycles. The van der Waals surface area contributed by atoms with E-state index in [0.717, 1.165) is 18.8 Å². The first-order valence-electron chi connectivity index (χ1n) is 4.68. The molecule has 82 valence electrons. The summed E-state index contributed by atoms with van der Waals surface area (Å²) in [7, 11) is 0.